The molecule has 1 aromatic carbocycles. The van der Waals surface area contributed by atoms with E-state index in [-0.39, 0.29) is 23.5 Å². The molecule has 3 rings (SSSR count). The van der Waals surface area contributed by atoms with Crippen molar-refractivity contribution in [3.05, 3.63) is 53.1 Å². The summed E-state index contributed by atoms with van der Waals surface area (Å²) in [5, 5.41) is 0. The molecule has 0 saturated carbocycles. The summed E-state index contributed by atoms with van der Waals surface area (Å²) >= 11 is 0. The Morgan fingerprint density at radius 3 is 2.42 bits per heavy atom. The molecular weight excluding hydrogens is 358 g/mol. The van der Waals surface area contributed by atoms with Crippen LogP contribution < -0.4 is 10.6 Å². The summed E-state index contributed by atoms with van der Waals surface area (Å²) in [5.41, 5.74) is 4.54. The van der Waals surface area contributed by atoms with Crippen molar-refractivity contribution < 1.29 is 31.9 Å². The van der Waals surface area contributed by atoms with Crippen molar-refractivity contribution in [1.29, 1.82) is 0 Å². The third-order valence-electron chi connectivity index (χ3n) is 4.05. The number of carbonyl (C=O) groups excluding carboxylic acids is 2. The summed E-state index contributed by atoms with van der Waals surface area (Å²) in [6.45, 7) is -0.177. The molecule has 0 unspecified atom stereocenters. The number of esters is 1. The van der Waals surface area contributed by atoms with Gasteiger partial charge < -0.3 is 15.4 Å². The van der Waals surface area contributed by atoms with E-state index in [0.29, 0.717) is 0 Å². The molecule has 0 aliphatic carbocycles. The Labute approximate surface area is 144 Å². The van der Waals surface area contributed by atoms with Crippen molar-refractivity contribution in [3.63, 3.8) is 0 Å². The van der Waals surface area contributed by atoms with Crippen LogP contribution in [-0.2, 0) is 10.9 Å². The van der Waals surface area contributed by atoms with Gasteiger partial charge in [-0.25, -0.2) is 4.79 Å². The SMILES string of the molecule is COC(=O)c1cc(F)n2c1C(=O)N(c1ccc(C(F)(F)F)cc1)C[C@@H]2N. The second kappa shape index (κ2) is 6.13. The molecule has 6 nitrogen and oxygen atoms in total. The maximum Gasteiger partial charge on any atom is 0.416 e. The molecule has 0 fully saturated rings. The lowest BCUT2D eigenvalue weighted by atomic mass is 10.1. The highest BCUT2D eigenvalue weighted by Gasteiger charge is 2.37. The van der Waals surface area contributed by atoms with Gasteiger partial charge in [0.05, 0.1) is 24.8 Å². The quantitative estimate of drug-likeness (QED) is 0.650. The number of hydrogen-bond donors (Lipinski definition) is 1. The largest absolute Gasteiger partial charge is 0.465 e. The Kier molecular flexibility index (Phi) is 4.23. The van der Waals surface area contributed by atoms with E-state index in [1.165, 1.54) is 0 Å². The number of aromatic nitrogens is 1. The number of anilines is 1. The lowest BCUT2D eigenvalue weighted by Gasteiger charge is -2.33. The summed E-state index contributed by atoms with van der Waals surface area (Å²) < 4.78 is 57.6. The van der Waals surface area contributed by atoms with Crippen molar-refractivity contribution in [1.82, 2.24) is 4.57 Å². The molecule has 0 saturated heterocycles. The number of fused-ring (bicyclic) bond motifs is 1. The molecule has 10 heteroatoms. The number of halogens is 4. The lowest BCUT2D eigenvalue weighted by molar-refractivity contribution is -0.137. The zero-order valence-electron chi connectivity index (χ0n) is 13.4. The number of methoxy groups -OCH3 is 1. The van der Waals surface area contributed by atoms with Crippen LogP contribution in [0.1, 0.15) is 32.6 Å². The molecular formula is C16H13F4N3O3. The normalized spacial score (nSPS) is 17.2. The molecule has 0 spiro atoms. The molecule has 1 aliphatic heterocycles. The van der Waals surface area contributed by atoms with Gasteiger partial charge in [0, 0.05) is 11.8 Å². The highest BCUT2D eigenvalue weighted by Crippen LogP contribution is 2.33. The van der Waals surface area contributed by atoms with Crippen LogP contribution in [0.3, 0.4) is 0 Å². The molecule has 26 heavy (non-hydrogen) atoms. The maximum absolute atomic E-state index is 14.1. The molecule has 1 amide bonds. The summed E-state index contributed by atoms with van der Waals surface area (Å²) in [4.78, 5) is 25.7. The predicted molar refractivity (Wildman–Crippen MR) is 82.1 cm³/mol. The number of benzene rings is 1. The number of carbonyl (C=O) groups is 2. The van der Waals surface area contributed by atoms with Gasteiger partial charge in [0.25, 0.3) is 5.91 Å². The number of ether oxygens (including phenoxy) is 1. The first-order valence-electron chi connectivity index (χ1n) is 7.39. The third kappa shape index (κ3) is 2.81. The van der Waals surface area contributed by atoms with E-state index in [1.54, 1.807) is 0 Å². The summed E-state index contributed by atoms with van der Waals surface area (Å²) in [6.07, 6.45) is -5.54. The topological polar surface area (TPSA) is 77.6 Å². The first kappa shape index (κ1) is 17.9. The van der Waals surface area contributed by atoms with Crippen molar-refractivity contribution in [2.45, 2.75) is 12.3 Å². The van der Waals surface area contributed by atoms with Gasteiger partial charge in [-0.15, -0.1) is 0 Å². The number of alkyl halides is 3. The van der Waals surface area contributed by atoms with Gasteiger partial charge in [0.15, 0.2) is 5.95 Å². The van der Waals surface area contributed by atoms with E-state index >= 15 is 0 Å². The number of hydrogen-bond acceptors (Lipinski definition) is 4. The molecule has 2 heterocycles. The molecule has 0 radical (unpaired) electrons. The van der Waals surface area contributed by atoms with Crippen LogP contribution in [0.15, 0.2) is 30.3 Å². The van der Waals surface area contributed by atoms with E-state index in [2.05, 4.69) is 4.74 Å². The fourth-order valence-corrected chi connectivity index (χ4v) is 2.83. The molecule has 1 atom stereocenters. The van der Waals surface area contributed by atoms with Gasteiger partial charge in [-0.2, -0.15) is 17.6 Å². The number of nitrogens with two attached hydrogens (primary N) is 1. The number of nitrogens with zero attached hydrogens (tertiary/aromatic N) is 2. The minimum atomic E-state index is -4.52. The Balaban J connectivity index is 2.04. The van der Waals surface area contributed by atoms with Crippen molar-refractivity contribution in [3.8, 4) is 0 Å². The van der Waals surface area contributed by atoms with Crippen LogP contribution >= 0.6 is 0 Å². The molecule has 1 aromatic heterocycles. The van der Waals surface area contributed by atoms with Crippen LogP contribution in [0, 0.1) is 5.95 Å². The van der Waals surface area contributed by atoms with E-state index in [9.17, 15) is 27.2 Å². The Hall–Kier alpha value is -2.88. The van der Waals surface area contributed by atoms with Crippen LogP contribution in [0.25, 0.3) is 0 Å². The van der Waals surface area contributed by atoms with E-state index < -0.39 is 35.7 Å². The Morgan fingerprint density at radius 2 is 1.88 bits per heavy atom. The minimum absolute atomic E-state index is 0.141. The van der Waals surface area contributed by atoms with E-state index in [1.807, 2.05) is 0 Å². The monoisotopic (exact) mass is 371 g/mol. The third-order valence-corrected chi connectivity index (χ3v) is 4.05. The van der Waals surface area contributed by atoms with Crippen molar-refractivity contribution in [2.75, 3.05) is 18.6 Å². The van der Waals surface area contributed by atoms with E-state index in [0.717, 1.165) is 46.9 Å². The maximum atomic E-state index is 14.1. The highest BCUT2D eigenvalue weighted by molar-refractivity contribution is 6.12. The minimum Gasteiger partial charge on any atom is -0.465 e. The first-order chi connectivity index (χ1) is 12.1. The van der Waals surface area contributed by atoms with Gasteiger partial charge in [0.1, 0.15) is 11.9 Å². The zero-order chi connectivity index (χ0) is 19.2. The lowest BCUT2D eigenvalue weighted by Crippen LogP contribution is -2.47. The molecule has 2 aromatic rings. The van der Waals surface area contributed by atoms with Gasteiger partial charge in [0.2, 0.25) is 0 Å². The van der Waals surface area contributed by atoms with Crippen LogP contribution in [0.2, 0.25) is 0 Å². The Bertz CT molecular complexity index is 874. The second-order valence-electron chi connectivity index (χ2n) is 5.62. The summed E-state index contributed by atoms with van der Waals surface area (Å²) in [6, 6.07) is 4.71. The van der Waals surface area contributed by atoms with E-state index in [4.69, 9.17) is 5.73 Å². The van der Waals surface area contributed by atoms with Gasteiger partial charge >= 0.3 is 12.1 Å². The molecule has 2 N–H and O–H groups in total. The zero-order valence-corrected chi connectivity index (χ0v) is 13.4. The fraction of sp³-hybridized carbons (Fsp3) is 0.250. The van der Waals surface area contributed by atoms with Gasteiger partial charge in [-0.1, -0.05) is 0 Å². The predicted octanol–water partition coefficient (Wildman–Crippen LogP) is 2.55. The van der Waals surface area contributed by atoms with Gasteiger partial charge in [-0.05, 0) is 24.3 Å². The van der Waals surface area contributed by atoms with Crippen LogP contribution in [-0.4, -0.2) is 30.1 Å². The average molecular weight is 371 g/mol. The number of rotatable bonds is 2. The fourth-order valence-electron chi connectivity index (χ4n) is 2.83. The molecule has 1 aliphatic rings. The summed E-state index contributed by atoms with van der Waals surface area (Å²) in [5.74, 6) is -2.57. The van der Waals surface area contributed by atoms with Gasteiger partial charge in [-0.3, -0.25) is 9.36 Å². The Morgan fingerprint density at radius 1 is 1.27 bits per heavy atom. The second-order valence-corrected chi connectivity index (χ2v) is 5.62. The highest BCUT2D eigenvalue weighted by atomic mass is 19.4. The van der Waals surface area contributed by atoms with Crippen LogP contribution in [0.4, 0.5) is 23.2 Å². The standard InChI is InChI=1S/C16H13F4N3O3/c1-26-15(25)10-6-11(17)23-12(21)7-22(14(24)13(10)23)9-4-2-8(3-5-9)16(18,19)20/h2-6,12H,7,21H2,1H3/t12-/m1/s1. The van der Waals surface area contributed by atoms with Crippen molar-refractivity contribution in [2.24, 2.45) is 5.73 Å². The molecule has 0 bridgehead atoms. The van der Waals surface area contributed by atoms with Crippen molar-refractivity contribution >= 4 is 17.6 Å². The molecule has 138 valence electrons. The number of amides is 1. The smallest absolute Gasteiger partial charge is 0.416 e. The first-order valence-corrected chi connectivity index (χ1v) is 7.39. The van der Waals surface area contributed by atoms with Crippen LogP contribution in [0.5, 0.6) is 0 Å². The summed E-state index contributed by atoms with van der Waals surface area (Å²) in [7, 11) is 1.07. The average Bonchev–Trinajstić information content (AvgIpc) is 2.95.